The summed E-state index contributed by atoms with van der Waals surface area (Å²) in [5.41, 5.74) is 4.00. The molecule has 1 heterocycles. The fourth-order valence-electron chi connectivity index (χ4n) is 4.56. The van der Waals surface area contributed by atoms with Crippen molar-refractivity contribution in [2.75, 3.05) is 17.8 Å². The lowest BCUT2D eigenvalue weighted by atomic mass is 9.90. The van der Waals surface area contributed by atoms with Crippen LogP contribution in [0.4, 0.5) is 5.69 Å². The van der Waals surface area contributed by atoms with E-state index in [9.17, 15) is 13.2 Å². The number of carbonyl (C=O) groups excluding carboxylic acids is 1. The van der Waals surface area contributed by atoms with Crippen LogP contribution in [0.1, 0.15) is 39.9 Å². The molecule has 0 aromatic heterocycles. The SMILES string of the molecule is Cc1cc(C)cc(NS(=O)(=O)c2cc(C(=O)N3CCC(Cc4ccccc4)CC3)ccc2Cl)c1. The zero-order chi connectivity index (χ0) is 24.3. The van der Waals surface area contributed by atoms with Gasteiger partial charge in [0.25, 0.3) is 15.9 Å². The normalized spacial score (nSPS) is 14.7. The van der Waals surface area contributed by atoms with E-state index in [0.717, 1.165) is 30.4 Å². The van der Waals surface area contributed by atoms with Crippen LogP contribution >= 0.6 is 11.6 Å². The number of carbonyl (C=O) groups is 1. The number of nitrogens with zero attached hydrogens (tertiary/aromatic N) is 1. The molecule has 1 fully saturated rings. The Balaban J connectivity index is 1.46. The number of benzene rings is 3. The van der Waals surface area contributed by atoms with E-state index in [1.54, 1.807) is 23.1 Å². The van der Waals surface area contributed by atoms with Crippen molar-refractivity contribution in [3.8, 4) is 0 Å². The van der Waals surface area contributed by atoms with Crippen LogP contribution in [0, 0.1) is 19.8 Å². The van der Waals surface area contributed by atoms with Crippen LogP contribution in [0.15, 0.2) is 71.6 Å². The van der Waals surface area contributed by atoms with E-state index in [4.69, 9.17) is 11.6 Å². The van der Waals surface area contributed by atoms with Crippen LogP contribution in [0.3, 0.4) is 0 Å². The molecule has 1 N–H and O–H groups in total. The maximum atomic E-state index is 13.2. The van der Waals surface area contributed by atoms with Crippen LogP contribution in [0.2, 0.25) is 5.02 Å². The molecule has 1 saturated heterocycles. The molecule has 0 saturated carbocycles. The van der Waals surface area contributed by atoms with Gasteiger partial charge in [-0.2, -0.15) is 0 Å². The molecule has 178 valence electrons. The number of amides is 1. The topological polar surface area (TPSA) is 66.5 Å². The first kappa shape index (κ1) is 24.3. The standard InChI is InChI=1S/C27H29ClN2O3S/c1-19-14-20(2)16-24(15-19)29-34(32,33)26-18-23(8-9-25(26)28)27(31)30-12-10-22(11-13-30)17-21-6-4-3-5-7-21/h3-9,14-16,18,22,29H,10-13,17H2,1-2H3. The van der Waals surface area contributed by atoms with Crippen molar-refractivity contribution in [2.45, 2.75) is 38.0 Å². The molecule has 0 radical (unpaired) electrons. The highest BCUT2D eigenvalue weighted by Gasteiger charge is 2.26. The summed E-state index contributed by atoms with van der Waals surface area (Å²) in [6, 6.07) is 20.3. The van der Waals surface area contributed by atoms with Gasteiger partial charge < -0.3 is 4.90 Å². The predicted octanol–water partition coefficient (Wildman–Crippen LogP) is 5.85. The zero-order valence-corrected chi connectivity index (χ0v) is 21.0. The first-order chi connectivity index (χ1) is 16.2. The largest absolute Gasteiger partial charge is 0.339 e. The van der Waals surface area contributed by atoms with Gasteiger partial charge >= 0.3 is 0 Å². The molecule has 5 nitrogen and oxygen atoms in total. The minimum atomic E-state index is -3.96. The minimum Gasteiger partial charge on any atom is -0.339 e. The van der Waals surface area contributed by atoms with E-state index >= 15 is 0 Å². The summed E-state index contributed by atoms with van der Waals surface area (Å²) in [5, 5.41) is 0.0787. The number of halogens is 1. The second-order valence-corrected chi connectivity index (χ2v) is 11.1. The summed E-state index contributed by atoms with van der Waals surface area (Å²) < 4.78 is 28.8. The predicted molar refractivity (Wildman–Crippen MR) is 137 cm³/mol. The van der Waals surface area contributed by atoms with Gasteiger partial charge in [-0.3, -0.25) is 9.52 Å². The van der Waals surface area contributed by atoms with E-state index in [1.807, 2.05) is 26.0 Å². The molecule has 0 unspecified atom stereocenters. The van der Waals surface area contributed by atoms with E-state index < -0.39 is 10.0 Å². The number of sulfonamides is 1. The number of rotatable bonds is 6. The second-order valence-electron chi connectivity index (χ2n) is 9.05. The van der Waals surface area contributed by atoms with Crippen LogP contribution in [0.25, 0.3) is 0 Å². The first-order valence-electron chi connectivity index (χ1n) is 11.4. The Kier molecular flexibility index (Phi) is 7.29. The first-order valence-corrected chi connectivity index (χ1v) is 13.3. The van der Waals surface area contributed by atoms with E-state index in [2.05, 4.69) is 29.0 Å². The average Bonchev–Trinajstić information content (AvgIpc) is 2.79. The van der Waals surface area contributed by atoms with Gasteiger partial charge in [0.1, 0.15) is 4.90 Å². The van der Waals surface area contributed by atoms with Crippen LogP contribution in [-0.2, 0) is 16.4 Å². The summed E-state index contributed by atoms with van der Waals surface area (Å²) in [7, 11) is -3.96. The molecule has 7 heteroatoms. The van der Waals surface area contributed by atoms with Gasteiger partial charge in [-0.25, -0.2) is 8.42 Å². The van der Waals surface area contributed by atoms with Crippen molar-refractivity contribution >= 4 is 33.2 Å². The van der Waals surface area contributed by atoms with Gasteiger partial charge in [-0.15, -0.1) is 0 Å². The molecule has 0 bridgehead atoms. The Bertz CT molecular complexity index is 1260. The summed E-state index contributed by atoms with van der Waals surface area (Å²) in [5.74, 6) is 0.368. The van der Waals surface area contributed by atoms with Gasteiger partial charge in [0.2, 0.25) is 0 Å². The smallest absolute Gasteiger partial charge is 0.263 e. The molecular weight excluding hydrogens is 468 g/mol. The van der Waals surface area contributed by atoms with Crippen molar-refractivity contribution in [3.05, 3.63) is 94.0 Å². The van der Waals surface area contributed by atoms with E-state index in [0.29, 0.717) is 30.3 Å². The molecule has 1 aliphatic heterocycles. The molecule has 1 aliphatic rings. The molecule has 0 spiro atoms. The van der Waals surface area contributed by atoms with Crippen molar-refractivity contribution in [2.24, 2.45) is 5.92 Å². The molecule has 34 heavy (non-hydrogen) atoms. The van der Waals surface area contributed by atoms with Crippen molar-refractivity contribution in [3.63, 3.8) is 0 Å². The molecule has 1 amide bonds. The Morgan fingerprint density at radius 1 is 0.971 bits per heavy atom. The van der Waals surface area contributed by atoms with Crippen LogP contribution in [0.5, 0.6) is 0 Å². The van der Waals surface area contributed by atoms with E-state index in [1.165, 1.54) is 17.7 Å². The fourth-order valence-corrected chi connectivity index (χ4v) is 6.12. The van der Waals surface area contributed by atoms with Crippen molar-refractivity contribution in [1.29, 1.82) is 0 Å². The van der Waals surface area contributed by atoms with Gasteiger partial charge in [0, 0.05) is 24.3 Å². The fraction of sp³-hybridized carbons (Fsp3) is 0.296. The zero-order valence-electron chi connectivity index (χ0n) is 19.4. The van der Waals surface area contributed by atoms with E-state index in [-0.39, 0.29) is 15.8 Å². The van der Waals surface area contributed by atoms with Gasteiger partial charge in [0.15, 0.2) is 0 Å². The lowest BCUT2D eigenvalue weighted by Crippen LogP contribution is -2.39. The number of anilines is 1. The number of aryl methyl sites for hydroxylation is 2. The number of hydrogen-bond acceptors (Lipinski definition) is 3. The number of nitrogens with one attached hydrogen (secondary N) is 1. The monoisotopic (exact) mass is 496 g/mol. The third-order valence-electron chi connectivity index (χ3n) is 6.21. The van der Waals surface area contributed by atoms with Gasteiger partial charge in [-0.05, 0) is 86.1 Å². The van der Waals surface area contributed by atoms with Gasteiger partial charge in [-0.1, -0.05) is 48.0 Å². The molecule has 0 atom stereocenters. The summed E-state index contributed by atoms with van der Waals surface area (Å²) >= 11 is 6.25. The second kappa shape index (κ2) is 10.2. The minimum absolute atomic E-state index is 0.0787. The molecular formula is C27H29ClN2O3S. The number of hydrogen-bond donors (Lipinski definition) is 1. The lowest BCUT2D eigenvalue weighted by molar-refractivity contribution is 0.0690. The quantitative estimate of drug-likeness (QED) is 0.465. The summed E-state index contributed by atoms with van der Waals surface area (Å²) in [4.78, 5) is 14.9. The molecule has 3 aromatic rings. The highest BCUT2D eigenvalue weighted by molar-refractivity contribution is 7.92. The molecule has 3 aromatic carbocycles. The Morgan fingerprint density at radius 3 is 2.26 bits per heavy atom. The third kappa shape index (κ3) is 5.80. The molecule has 0 aliphatic carbocycles. The Hall–Kier alpha value is -2.83. The van der Waals surface area contributed by atoms with Gasteiger partial charge in [0.05, 0.1) is 5.02 Å². The van der Waals surface area contributed by atoms with Crippen molar-refractivity contribution < 1.29 is 13.2 Å². The maximum absolute atomic E-state index is 13.2. The highest BCUT2D eigenvalue weighted by atomic mass is 35.5. The highest BCUT2D eigenvalue weighted by Crippen LogP contribution is 2.28. The van der Waals surface area contributed by atoms with Crippen LogP contribution < -0.4 is 4.72 Å². The number of piperidine rings is 1. The van der Waals surface area contributed by atoms with Crippen molar-refractivity contribution in [1.82, 2.24) is 4.90 Å². The maximum Gasteiger partial charge on any atom is 0.263 e. The Morgan fingerprint density at radius 2 is 1.62 bits per heavy atom. The number of likely N-dealkylation sites (tertiary alicyclic amines) is 1. The lowest BCUT2D eigenvalue weighted by Gasteiger charge is -2.32. The summed E-state index contributed by atoms with van der Waals surface area (Å²) in [6.07, 6.45) is 2.86. The van der Waals surface area contributed by atoms with Crippen LogP contribution in [-0.4, -0.2) is 32.3 Å². The summed E-state index contributed by atoms with van der Waals surface area (Å²) in [6.45, 7) is 5.11. The molecule has 4 rings (SSSR count). The third-order valence-corrected chi connectivity index (χ3v) is 8.07. The Labute approximate surface area is 206 Å². The average molecular weight is 497 g/mol.